The van der Waals surface area contributed by atoms with Crippen LogP contribution in [-0.4, -0.2) is 34.8 Å². The van der Waals surface area contributed by atoms with Gasteiger partial charge < -0.3 is 10.2 Å². The van der Waals surface area contributed by atoms with Crippen molar-refractivity contribution in [3.05, 3.63) is 57.3 Å². The number of rotatable bonds is 3. The van der Waals surface area contributed by atoms with Crippen molar-refractivity contribution in [1.82, 2.24) is 9.88 Å². The standard InChI is InChI=1S/C18H17Cl2N3O2/c1-11-5-4-6-14(15(11)18(25)23-7-2-3-8-23)22-17(24)12-9-13(19)16(20)21-10-12/h4-6,9-10H,2-3,7-8H2,1H3,(H,22,24). The zero-order chi connectivity index (χ0) is 18.0. The molecule has 1 aromatic heterocycles. The number of hydrogen-bond acceptors (Lipinski definition) is 3. The lowest BCUT2D eigenvalue weighted by molar-refractivity contribution is 0.0793. The number of hydrogen-bond donors (Lipinski definition) is 1. The predicted octanol–water partition coefficient (Wildman–Crippen LogP) is 4.19. The van der Waals surface area contributed by atoms with Crippen molar-refractivity contribution in [2.45, 2.75) is 19.8 Å². The Balaban J connectivity index is 1.89. The van der Waals surface area contributed by atoms with Crippen molar-refractivity contribution in [2.75, 3.05) is 18.4 Å². The molecule has 2 amide bonds. The number of anilines is 1. The third-order valence-electron chi connectivity index (χ3n) is 4.19. The van der Waals surface area contributed by atoms with E-state index in [1.165, 1.54) is 12.3 Å². The van der Waals surface area contributed by atoms with Gasteiger partial charge in [0.2, 0.25) is 0 Å². The molecule has 25 heavy (non-hydrogen) atoms. The minimum atomic E-state index is -0.396. The molecular formula is C18H17Cl2N3O2. The van der Waals surface area contributed by atoms with Gasteiger partial charge in [0, 0.05) is 19.3 Å². The van der Waals surface area contributed by atoms with Gasteiger partial charge in [0.1, 0.15) is 5.15 Å². The molecule has 2 aromatic rings. The van der Waals surface area contributed by atoms with Crippen LogP contribution in [0.1, 0.15) is 39.1 Å². The van der Waals surface area contributed by atoms with E-state index in [2.05, 4.69) is 10.3 Å². The first kappa shape index (κ1) is 17.7. The normalized spacial score (nSPS) is 13.8. The number of amides is 2. The van der Waals surface area contributed by atoms with E-state index in [9.17, 15) is 9.59 Å². The van der Waals surface area contributed by atoms with Gasteiger partial charge in [0.15, 0.2) is 0 Å². The number of aryl methyl sites for hydroxylation is 1. The fourth-order valence-electron chi connectivity index (χ4n) is 2.87. The maximum atomic E-state index is 12.8. The summed E-state index contributed by atoms with van der Waals surface area (Å²) in [4.78, 5) is 31.0. The molecule has 3 rings (SSSR count). The number of aromatic nitrogens is 1. The average Bonchev–Trinajstić information content (AvgIpc) is 3.11. The monoisotopic (exact) mass is 377 g/mol. The van der Waals surface area contributed by atoms with E-state index in [0.29, 0.717) is 11.3 Å². The van der Waals surface area contributed by atoms with E-state index in [1.54, 1.807) is 12.1 Å². The Labute approximate surface area is 155 Å². The molecule has 7 heteroatoms. The molecule has 1 aliphatic rings. The van der Waals surface area contributed by atoms with Crippen molar-refractivity contribution < 1.29 is 9.59 Å². The minimum absolute atomic E-state index is 0.0573. The molecule has 2 heterocycles. The van der Waals surface area contributed by atoms with Crippen LogP contribution in [0, 0.1) is 6.92 Å². The lowest BCUT2D eigenvalue weighted by atomic mass is 10.0. The highest BCUT2D eigenvalue weighted by Gasteiger charge is 2.24. The van der Waals surface area contributed by atoms with Crippen LogP contribution in [0.4, 0.5) is 5.69 Å². The van der Waals surface area contributed by atoms with Crippen LogP contribution in [0.3, 0.4) is 0 Å². The molecule has 1 N–H and O–H groups in total. The summed E-state index contributed by atoms with van der Waals surface area (Å²) in [5.74, 6) is -0.453. The molecule has 1 aliphatic heterocycles. The molecule has 1 fully saturated rings. The summed E-state index contributed by atoms with van der Waals surface area (Å²) in [5, 5.41) is 3.13. The van der Waals surface area contributed by atoms with E-state index in [-0.39, 0.29) is 21.6 Å². The van der Waals surface area contributed by atoms with Gasteiger partial charge in [-0.1, -0.05) is 35.3 Å². The quantitative estimate of drug-likeness (QED) is 0.815. The van der Waals surface area contributed by atoms with Crippen molar-refractivity contribution >= 4 is 40.7 Å². The second-order valence-corrected chi connectivity index (χ2v) is 6.71. The fourth-order valence-corrected chi connectivity index (χ4v) is 3.14. The first-order valence-corrected chi connectivity index (χ1v) is 8.74. The first-order valence-electron chi connectivity index (χ1n) is 7.98. The highest BCUT2D eigenvalue weighted by Crippen LogP contribution is 2.25. The average molecular weight is 378 g/mol. The van der Waals surface area contributed by atoms with Gasteiger partial charge >= 0.3 is 0 Å². The Morgan fingerprint density at radius 3 is 2.60 bits per heavy atom. The number of likely N-dealkylation sites (tertiary alicyclic amines) is 1. The second-order valence-electron chi connectivity index (χ2n) is 5.95. The van der Waals surface area contributed by atoms with Crippen LogP contribution in [0.15, 0.2) is 30.5 Å². The zero-order valence-corrected chi connectivity index (χ0v) is 15.2. The Hall–Kier alpha value is -2.11. The number of nitrogens with one attached hydrogen (secondary N) is 1. The molecule has 0 radical (unpaired) electrons. The minimum Gasteiger partial charge on any atom is -0.339 e. The van der Waals surface area contributed by atoms with E-state index < -0.39 is 5.91 Å². The maximum absolute atomic E-state index is 12.8. The number of benzene rings is 1. The van der Waals surface area contributed by atoms with Crippen LogP contribution in [0.5, 0.6) is 0 Å². The Morgan fingerprint density at radius 2 is 1.92 bits per heavy atom. The van der Waals surface area contributed by atoms with E-state index in [0.717, 1.165) is 31.5 Å². The van der Waals surface area contributed by atoms with Crippen LogP contribution in [-0.2, 0) is 0 Å². The summed E-state index contributed by atoms with van der Waals surface area (Å²) >= 11 is 11.7. The Kier molecular flexibility index (Phi) is 5.25. The van der Waals surface area contributed by atoms with Crippen molar-refractivity contribution in [2.24, 2.45) is 0 Å². The number of pyridine rings is 1. The molecule has 1 saturated heterocycles. The molecule has 0 bridgehead atoms. The first-order chi connectivity index (χ1) is 12.0. The van der Waals surface area contributed by atoms with E-state index in [4.69, 9.17) is 23.2 Å². The molecule has 0 aliphatic carbocycles. The van der Waals surface area contributed by atoms with Gasteiger partial charge in [-0.05, 0) is 37.5 Å². The van der Waals surface area contributed by atoms with Crippen LogP contribution < -0.4 is 5.32 Å². The topological polar surface area (TPSA) is 62.3 Å². The molecule has 0 unspecified atom stereocenters. The van der Waals surface area contributed by atoms with Crippen LogP contribution in [0.2, 0.25) is 10.2 Å². The molecule has 130 valence electrons. The molecular weight excluding hydrogens is 361 g/mol. The smallest absolute Gasteiger partial charge is 0.257 e. The Bertz CT molecular complexity index is 833. The zero-order valence-electron chi connectivity index (χ0n) is 13.7. The second kappa shape index (κ2) is 7.42. The summed E-state index contributed by atoms with van der Waals surface area (Å²) in [5.41, 5.74) is 2.09. The van der Waals surface area contributed by atoms with E-state index >= 15 is 0 Å². The highest BCUT2D eigenvalue weighted by atomic mass is 35.5. The highest BCUT2D eigenvalue weighted by molar-refractivity contribution is 6.41. The summed E-state index contributed by atoms with van der Waals surface area (Å²) in [6.45, 7) is 3.36. The maximum Gasteiger partial charge on any atom is 0.257 e. The Morgan fingerprint density at radius 1 is 1.20 bits per heavy atom. The number of carbonyl (C=O) groups excluding carboxylic acids is 2. The SMILES string of the molecule is Cc1cccc(NC(=O)c2cnc(Cl)c(Cl)c2)c1C(=O)N1CCCC1. The third kappa shape index (κ3) is 3.78. The van der Waals surface area contributed by atoms with Crippen molar-refractivity contribution in [3.63, 3.8) is 0 Å². The van der Waals surface area contributed by atoms with Crippen molar-refractivity contribution in [1.29, 1.82) is 0 Å². The van der Waals surface area contributed by atoms with E-state index in [1.807, 2.05) is 17.9 Å². The summed E-state index contributed by atoms with van der Waals surface area (Å²) < 4.78 is 0. The van der Waals surface area contributed by atoms with Gasteiger partial charge in [-0.2, -0.15) is 0 Å². The molecule has 5 nitrogen and oxygen atoms in total. The summed E-state index contributed by atoms with van der Waals surface area (Å²) in [6.07, 6.45) is 3.36. The summed E-state index contributed by atoms with van der Waals surface area (Å²) in [7, 11) is 0. The predicted molar refractivity (Wildman–Crippen MR) is 98.5 cm³/mol. The molecule has 0 saturated carbocycles. The molecule has 0 atom stereocenters. The van der Waals surface area contributed by atoms with Crippen LogP contribution in [0.25, 0.3) is 0 Å². The lowest BCUT2D eigenvalue weighted by Crippen LogP contribution is -2.29. The fraction of sp³-hybridized carbons (Fsp3) is 0.278. The number of halogens is 2. The van der Waals surface area contributed by atoms with Gasteiger partial charge in [-0.15, -0.1) is 0 Å². The van der Waals surface area contributed by atoms with Gasteiger partial charge in [-0.3, -0.25) is 9.59 Å². The largest absolute Gasteiger partial charge is 0.339 e. The van der Waals surface area contributed by atoms with Gasteiger partial charge in [0.05, 0.1) is 21.8 Å². The summed E-state index contributed by atoms with van der Waals surface area (Å²) in [6, 6.07) is 6.83. The van der Waals surface area contributed by atoms with Gasteiger partial charge in [-0.25, -0.2) is 4.98 Å². The van der Waals surface area contributed by atoms with Gasteiger partial charge in [0.25, 0.3) is 11.8 Å². The molecule has 1 aromatic carbocycles. The number of carbonyl (C=O) groups is 2. The lowest BCUT2D eigenvalue weighted by Gasteiger charge is -2.19. The van der Waals surface area contributed by atoms with Crippen molar-refractivity contribution in [3.8, 4) is 0 Å². The molecule has 0 spiro atoms. The third-order valence-corrected chi connectivity index (χ3v) is 4.87. The number of nitrogens with zero attached hydrogens (tertiary/aromatic N) is 2. The van der Waals surface area contributed by atoms with Crippen LogP contribution >= 0.6 is 23.2 Å².